The van der Waals surface area contributed by atoms with Crippen LogP contribution in [-0.4, -0.2) is 26.5 Å². The van der Waals surface area contributed by atoms with Gasteiger partial charge in [-0.15, -0.1) is 0 Å². The Kier molecular flexibility index (Phi) is 3.32. The van der Waals surface area contributed by atoms with E-state index in [1.807, 2.05) is 6.92 Å². The molecule has 0 spiro atoms. The Morgan fingerprint density at radius 1 is 1.29 bits per heavy atom. The van der Waals surface area contributed by atoms with Crippen LogP contribution in [-0.2, 0) is 0 Å². The molecule has 0 fully saturated rings. The topological polar surface area (TPSA) is 86.8 Å². The maximum absolute atomic E-state index is 5.60. The first-order chi connectivity index (χ1) is 8.20. The van der Waals surface area contributed by atoms with Crippen molar-refractivity contribution in [2.45, 2.75) is 26.7 Å². The lowest BCUT2D eigenvalue weighted by molar-refractivity contribution is 0.301. The molecule has 2 rings (SSSR count). The second-order valence-electron chi connectivity index (χ2n) is 3.77. The molecule has 2 N–H and O–H groups in total. The van der Waals surface area contributed by atoms with Crippen molar-refractivity contribution in [3.8, 4) is 5.88 Å². The molecule has 17 heavy (non-hydrogen) atoms. The first kappa shape index (κ1) is 11.5. The predicted octanol–water partition coefficient (Wildman–Crippen LogP) is 1.49. The van der Waals surface area contributed by atoms with Crippen molar-refractivity contribution in [2.24, 2.45) is 0 Å². The molecule has 0 bridgehead atoms. The van der Waals surface area contributed by atoms with Crippen molar-refractivity contribution < 1.29 is 4.74 Å². The number of nitrogens with zero attached hydrogens (tertiary/aromatic N) is 4. The fourth-order valence-corrected chi connectivity index (χ4v) is 1.40. The predicted molar refractivity (Wildman–Crippen MR) is 64.7 cm³/mol. The highest BCUT2D eigenvalue weighted by Gasteiger charge is 2.10. The zero-order valence-corrected chi connectivity index (χ0v) is 9.97. The highest BCUT2D eigenvalue weighted by Crippen LogP contribution is 2.20. The van der Waals surface area contributed by atoms with Crippen LogP contribution in [0.2, 0.25) is 0 Å². The zero-order valence-electron chi connectivity index (χ0n) is 9.97. The van der Waals surface area contributed by atoms with Gasteiger partial charge in [0.2, 0.25) is 11.8 Å². The van der Waals surface area contributed by atoms with E-state index in [2.05, 4.69) is 26.9 Å². The van der Waals surface area contributed by atoms with E-state index in [0.29, 0.717) is 23.7 Å². The van der Waals surface area contributed by atoms with Gasteiger partial charge < -0.3 is 10.5 Å². The first-order valence-electron chi connectivity index (χ1n) is 5.60. The molecule has 0 amide bonds. The number of nitrogens with two attached hydrogens (primary N) is 1. The molecule has 0 aliphatic carbocycles. The summed E-state index contributed by atoms with van der Waals surface area (Å²) in [6.45, 7) is 4.55. The quantitative estimate of drug-likeness (QED) is 0.805. The summed E-state index contributed by atoms with van der Waals surface area (Å²) < 4.78 is 5.56. The maximum atomic E-state index is 5.60. The highest BCUT2D eigenvalue weighted by atomic mass is 16.5. The molecule has 6 heteroatoms. The Labute approximate surface area is 99.3 Å². The Balaban J connectivity index is 2.40. The lowest BCUT2D eigenvalue weighted by Crippen LogP contribution is -2.05. The normalized spacial score (nSPS) is 10.7. The summed E-state index contributed by atoms with van der Waals surface area (Å²) in [5, 5.41) is 0. The van der Waals surface area contributed by atoms with Crippen molar-refractivity contribution in [1.82, 2.24) is 19.9 Å². The van der Waals surface area contributed by atoms with Crippen LogP contribution >= 0.6 is 0 Å². The molecule has 2 heterocycles. The van der Waals surface area contributed by atoms with Crippen molar-refractivity contribution in [3.05, 3.63) is 11.9 Å². The fourth-order valence-electron chi connectivity index (χ4n) is 1.40. The van der Waals surface area contributed by atoms with E-state index >= 15 is 0 Å². The first-order valence-corrected chi connectivity index (χ1v) is 5.60. The van der Waals surface area contributed by atoms with Crippen LogP contribution in [0.5, 0.6) is 5.88 Å². The molecule has 0 aliphatic rings. The molecule has 0 saturated heterocycles. The summed E-state index contributed by atoms with van der Waals surface area (Å²) in [5.74, 6) is 0.569. The van der Waals surface area contributed by atoms with Gasteiger partial charge >= 0.3 is 0 Å². The van der Waals surface area contributed by atoms with Crippen molar-refractivity contribution in [2.75, 3.05) is 12.3 Å². The molecular formula is C11H15N5O. The number of ether oxygens (including phenoxy) is 1. The van der Waals surface area contributed by atoms with Gasteiger partial charge in [0.05, 0.1) is 18.5 Å². The third kappa shape index (κ3) is 2.58. The number of aromatic nitrogens is 4. The summed E-state index contributed by atoms with van der Waals surface area (Å²) in [5.41, 5.74) is 7.43. The average molecular weight is 233 g/mol. The van der Waals surface area contributed by atoms with Gasteiger partial charge in [-0.2, -0.15) is 9.97 Å². The van der Waals surface area contributed by atoms with Crippen molar-refractivity contribution in [3.63, 3.8) is 0 Å². The highest BCUT2D eigenvalue weighted by molar-refractivity contribution is 5.76. The SMILES string of the molecule is CCCCOc1nc(N)nc2ncc(C)nc12. The van der Waals surface area contributed by atoms with Crippen LogP contribution in [0.4, 0.5) is 5.95 Å². The number of fused-ring (bicyclic) bond motifs is 1. The van der Waals surface area contributed by atoms with Crippen LogP contribution in [0, 0.1) is 6.92 Å². The molecule has 0 unspecified atom stereocenters. The van der Waals surface area contributed by atoms with Crippen LogP contribution < -0.4 is 10.5 Å². The summed E-state index contributed by atoms with van der Waals surface area (Å²) in [6, 6.07) is 0. The zero-order chi connectivity index (χ0) is 12.3. The van der Waals surface area contributed by atoms with Gasteiger partial charge in [-0.05, 0) is 13.3 Å². The van der Waals surface area contributed by atoms with Gasteiger partial charge in [0.25, 0.3) is 0 Å². The van der Waals surface area contributed by atoms with Crippen LogP contribution in [0.1, 0.15) is 25.5 Å². The largest absolute Gasteiger partial charge is 0.476 e. The number of unbranched alkanes of at least 4 members (excludes halogenated alkanes) is 1. The maximum Gasteiger partial charge on any atom is 0.247 e. The van der Waals surface area contributed by atoms with Crippen molar-refractivity contribution >= 4 is 17.1 Å². The summed E-state index contributed by atoms with van der Waals surface area (Å²) >= 11 is 0. The van der Waals surface area contributed by atoms with Gasteiger partial charge in [-0.3, -0.25) is 0 Å². The number of hydrogen-bond acceptors (Lipinski definition) is 6. The number of hydrogen-bond donors (Lipinski definition) is 1. The molecular weight excluding hydrogens is 218 g/mol. The molecule has 0 aliphatic heterocycles. The molecule has 90 valence electrons. The number of nitrogen functional groups attached to an aromatic ring is 1. The van der Waals surface area contributed by atoms with Gasteiger partial charge in [0.1, 0.15) is 0 Å². The van der Waals surface area contributed by atoms with Gasteiger partial charge in [0.15, 0.2) is 11.2 Å². The van der Waals surface area contributed by atoms with Crippen molar-refractivity contribution in [1.29, 1.82) is 0 Å². The van der Waals surface area contributed by atoms with E-state index in [1.54, 1.807) is 6.20 Å². The minimum Gasteiger partial charge on any atom is -0.476 e. The minimum atomic E-state index is 0.155. The van der Waals surface area contributed by atoms with E-state index in [1.165, 1.54) is 0 Å². The lowest BCUT2D eigenvalue weighted by Gasteiger charge is -2.07. The van der Waals surface area contributed by atoms with E-state index in [9.17, 15) is 0 Å². The van der Waals surface area contributed by atoms with Crippen LogP contribution in [0.15, 0.2) is 6.20 Å². The number of rotatable bonds is 4. The number of anilines is 1. The average Bonchev–Trinajstić information content (AvgIpc) is 2.30. The van der Waals surface area contributed by atoms with Gasteiger partial charge in [-0.25, -0.2) is 9.97 Å². The Morgan fingerprint density at radius 2 is 2.12 bits per heavy atom. The summed E-state index contributed by atoms with van der Waals surface area (Å²) in [6.07, 6.45) is 3.67. The monoisotopic (exact) mass is 233 g/mol. The molecule has 2 aromatic heterocycles. The molecule has 2 aromatic rings. The third-order valence-electron chi connectivity index (χ3n) is 2.25. The van der Waals surface area contributed by atoms with E-state index in [-0.39, 0.29) is 5.95 Å². The third-order valence-corrected chi connectivity index (χ3v) is 2.25. The fraction of sp³-hybridized carbons (Fsp3) is 0.455. The Bertz CT molecular complexity index is 528. The molecule has 0 atom stereocenters. The Morgan fingerprint density at radius 3 is 2.88 bits per heavy atom. The van der Waals surface area contributed by atoms with Crippen LogP contribution in [0.25, 0.3) is 11.2 Å². The van der Waals surface area contributed by atoms with Gasteiger partial charge in [0, 0.05) is 0 Å². The molecule has 0 saturated carbocycles. The molecule has 6 nitrogen and oxygen atoms in total. The second kappa shape index (κ2) is 4.90. The second-order valence-corrected chi connectivity index (χ2v) is 3.77. The molecule has 0 radical (unpaired) electrons. The molecule has 0 aromatic carbocycles. The lowest BCUT2D eigenvalue weighted by atomic mass is 10.4. The summed E-state index contributed by atoms with van der Waals surface area (Å²) in [4.78, 5) is 16.6. The Hall–Kier alpha value is -1.98. The van der Waals surface area contributed by atoms with E-state index in [0.717, 1.165) is 18.5 Å². The van der Waals surface area contributed by atoms with Crippen LogP contribution in [0.3, 0.4) is 0 Å². The van der Waals surface area contributed by atoms with E-state index in [4.69, 9.17) is 10.5 Å². The summed E-state index contributed by atoms with van der Waals surface area (Å²) in [7, 11) is 0. The minimum absolute atomic E-state index is 0.155. The standard InChI is InChI=1S/C11H15N5O/c1-3-4-5-17-10-8-9(15-11(12)16-10)13-6-7(2)14-8/h6H,3-5H2,1-2H3,(H2,12,13,15,16). The number of aryl methyl sites for hydroxylation is 1. The van der Waals surface area contributed by atoms with Gasteiger partial charge in [-0.1, -0.05) is 13.3 Å². The van der Waals surface area contributed by atoms with E-state index < -0.39 is 0 Å². The smallest absolute Gasteiger partial charge is 0.247 e.